The number of rotatable bonds is 7. The second-order valence-corrected chi connectivity index (χ2v) is 8.78. The van der Waals surface area contributed by atoms with Gasteiger partial charge in [-0.3, -0.25) is 14.5 Å². The molecule has 1 aliphatic heterocycles. The molecule has 2 atom stereocenters. The molecule has 0 bridgehead atoms. The number of anilines is 2. The molecule has 1 heterocycles. The van der Waals surface area contributed by atoms with Crippen LogP contribution in [-0.4, -0.2) is 68.1 Å². The van der Waals surface area contributed by atoms with E-state index in [1.165, 1.54) is 7.11 Å². The highest BCUT2D eigenvalue weighted by molar-refractivity contribution is 5.96. The highest BCUT2D eigenvalue weighted by Gasteiger charge is 2.31. The van der Waals surface area contributed by atoms with E-state index < -0.39 is 0 Å². The van der Waals surface area contributed by atoms with Crippen LogP contribution in [0.3, 0.4) is 0 Å². The van der Waals surface area contributed by atoms with Gasteiger partial charge in [-0.1, -0.05) is 18.2 Å². The number of piperazine rings is 1. The molecular weight excluding hydrogens is 432 g/mol. The maximum Gasteiger partial charge on any atom is 0.337 e. The van der Waals surface area contributed by atoms with E-state index in [-0.39, 0.29) is 36.4 Å². The molecule has 0 spiro atoms. The number of methoxy groups -OCH3 is 1. The highest BCUT2D eigenvalue weighted by atomic mass is 16.5. The Hall–Kier alpha value is -3.39. The van der Waals surface area contributed by atoms with Crippen molar-refractivity contribution < 1.29 is 19.1 Å². The average molecular weight is 467 g/mol. The van der Waals surface area contributed by atoms with Crippen molar-refractivity contribution in [3.05, 3.63) is 59.2 Å². The SMILES string of the molecule is COC(=O)c1ccc(N2CCN(C(C)C(=O)NCC(=O)Nc3c(C)cccc3C)C(C)C2)cc1. The summed E-state index contributed by atoms with van der Waals surface area (Å²) in [6.45, 7) is 9.99. The molecule has 0 radical (unpaired) electrons. The maximum absolute atomic E-state index is 12.8. The number of nitrogens with one attached hydrogen (secondary N) is 2. The average Bonchev–Trinajstić information content (AvgIpc) is 2.84. The van der Waals surface area contributed by atoms with Gasteiger partial charge in [0.25, 0.3) is 0 Å². The molecule has 8 nitrogen and oxygen atoms in total. The third-order valence-corrected chi connectivity index (χ3v) is 6.38. The van der Waals surface area contributed by atoms with E-state index >= 15 is 0 Å². The molecule has 2 aromatic rings. The molecule has 1 fully saturated rings. The fraction of sp³-hybridized carbons (Fsp3) is 0.423. The van der Waals surface area contributed by atoms with Gasteiger partial charge in [0.15, 0.2) is 0 Å². The Morgan fingerprint density at radius 1 is 1.06 bits per heavy atom. The van der Waals surface area contributed by atoms with E-state index in [0.717, 1.165) is 35.6 Å². The fourth-order valence-electron chi connectivity index (χ4n) is 4.37. The number of amides is 2. The van der Waals surface area contributed by atoms with E-state index in [4.69, 9.17) is 4.74 Å². The summed E-state index contributed by atoms with van der Waals surface area (Å²) >= 11 is 0. The smallest absolute Gasteiger partial charge is 0.337 e. The van der Waals surface area contributed by atoms with E-state index in [1.54, 1.807) is 12.1 Å². The Morgan fingerprint density at radius 3 is 2.29 bits per heavy atom. The summed E-state index contributed by atoms with van der Waals surface area (Å²) < 4.78 is 4.75. The molecule has 3 rings (SSSR count). The van der Waals surface area contributed by atoms with Gasteiger partial charge >= 0.3 is 5.97 Å². The van der Waals surface area contributed by atoms with Gasteiger partial charge in [-0.15, -0.1) is 0 Å². The van der Waals surface area contributed by atoms with E-state index in [9.17, 15) is 14.4 Å². The molecule has 34 heavy (non-hydrogen) atoms. The molecule has 0 aliphatic carbocycles. The van der Waals surface area contributed by atoms with Crippen molar-refractivity contribution in [2.45, 2.75) is 39.8 Å². The third kappa shape index (κ3) is 5.94. The van der Waals surface area contributed by atoms with Crippen molar-refractivity contribution in [2.24, 2.45) is 0 Å². The van der Waals surface area contributed by atoms with Crippen LogP contribution in [0.25, 0.3) is 0 Å². The first-order valence-electron chi connectivity index (χ1n) is 11.5. The molecule has 2 unspecified atom stereocenters. The van der Waals surface area contributed by atoms with Crippen LogP contribution in [0.4, 0.5) is 11.4 Å². The fourth-order valence-corrected chi connectivity index (χ4v) is 4.37. The standard InChI is InChI=1S/C26H34N4O4/c1-17-7-6-8-18(2)24(17)28-23(31)15-27-25(32)20(4)30-14-13-29(16-19(30)3)22-11-9-21(10-12-22)26(33)34-5/h6-12,19-20H,13-16H2,1-5H3,(H,27,32)(H,28,31). The van der Waals surface area contributed by atoms with Gasteiger partial charge in [0, 0.05) is 37.1 Å². The van der Waals surface area contributed by atoms with Crippen molar-refractivity contribution >= 4 is 29.2 Å². The van der Waals surface area contributed by atoms with Crippen LogP contribution in [0.2, 0.25) is 0 Å². The molecule has 182 valence electrons. The molecule has 0 aromatic heterocycles. The number of nitrogens with zero attached hydrogens (tertiary/aromatic N) is 2. The lowest BCUT2D eigenvalue weighted by atomic mass is 10.1. The molecule has 8 heteroatoms. The van der Waals surface area contributed by atoms with Gasteiger partial charge in [0.2, 0.25) is 11.8 Å². The Kier molecular flexibility index (Phi) is 8.28. The second-order valence-electron chi connectivity index (χ2n) is 8.78. The van der Waals surface area contributed by atoms with Crippen molar-refractivity contribution in [1.29, 1.82) is 0 Å². The second kappa shape index (κ2) is 11.2. The summed E-state index contributed by atoms with van der Waals surface area (Å²) in [6, 6.07) is 13.0. The number of hydrogen-bond acceptors (Lipinski definition) is 6. The molecule has 1 aliphatic rings. The lowest BCUT2D eigenvalue weighted by Gasteiger charge is -2.43. The molecule has 2 amide bonds. The topological polar surface area (TPSA) is 91.0 Å². The maximum atomic E-state index is 12.8. The van der Waals surface area contributed by atoms with Gasteiger partial charge in [-0.05, 0) is 63.1 Å². The quantitative estimate of drug-likeness (QED) is 0.610. The Labute approximate surface area is 201 Å². The van der Waals surface area contributed by atoms with Gasteiger partial charge in [-0.25, -0.2) is 4.79 Å². The number of esters is 1. The number of ether oxygens (including phenoxy) is 1. The van der Waals surface area contributed by atoms with Crippen LogP contribution in [0, 0.1) is 13.8 Å². The van der Waals surface area contributed by atoms with Crippen LogP contribution in [0.5, 0.6) is 0 Å². The summed E-state index contributed by atoms with van der Waals surface area (Å²) in [5.74, 6) is -0.766. The molecule has 0 saturated carbocycles. The largest absolute Gasteiger partial charge is 0.465 e. The number of benzene rings is 2. The number of aryl methyl sites for hydroxylation is 2. The lowest BCUT2D eigenvalue weighted by Crippen LogP contribution is -2.58. The van der Waals surface area contributed by atoms with Crippen LogP contribution in [-0.2, 0) is 14.3 Å². The minimum Gasteiger partial charge on any atom is -0.465 e. The van der Waals surface area contributed by atoms with E-state index in [1.807, 2.05) is 51.1 Å². The summed E-state index contributed by atoms with van der Waals surface area (Å²) in [5.41, 5.74) is 4.31. The summed E-state index contributed by atoms with van der Waals surface area (Å²) in [6.07, 6.45) is 0. The zero-order chi connectivity index (χ0) is 24.8. The molecule has 2 N–H and O–H groups in total. The minimum atomic E-state index is -0.355. The first-order valence-corrected chi connectivity index (χ1v) is 11.5. The number of carbonyl (C=O) groups is 3. The Balaban J connectivity index is 1.51. The van der Waals surface area contributed by atoms with Gasteiger partial charge < -0.3 is 20.3 Å². The van der Waals surface area contributed by atoms with Gasteiger partial charge in [0.1, 0.15) is 0 Å². The van der Waals surface area contributed by atoms with Crippen molar-refractivity contribution in [1.82, 2.24) is 10.2 Å². The van der Waals surface area contributed by atoms with Crippen molar-refractivity contribution in [2.75, 3.05) is 43.5 Å². The van der Waals surface area contributed by atoms with Crippen molar-refractivity contribution in [3.8, 4) is 0 Å². The van der Waals surface area contributed by atoms with E-state index in [0.29, 0.717) is 12.1 Å². The Morgan fingerprint density at radius 2 is 1.71 bits per heavy atom. The van der Waals surface area contributed by atoms with E-state index in [2.05, 4.69) is 27.4 Å². The molecular formula is C26H34N4O4. The van der Waals surface area contributed by atoms with Crippen LogP contribution < -0.4 is 15.5 Å². The Bertz CT molecular complexity index is 1020. The highest BCUT2D eigenvalue weighted by Crippen LogP contribution is 2.22. The number of para-hydroxylation sites is 1. The molecule has 2 aromatic carbocycles. The van der Waals surface area contributed by atoms with Gasteiger partial charge in [-0.2, -0.15) is 0 Å². The minimum absolute atomic E-state index is 0.0716. The number of carbonyl (C=O) groups excluding carboxylic acids is 3. The molecule has 1 saturated heterocycles. The number of hydrogen-bond donors (Lipinski definition) is 2. The first-order chi connectivity index (χ1) is 16.2. The lowest BCUT2D eigenvalue weighted by molar-refractivity contribution is -0.128. The monoisotopic (exact) mass is 466 g/mol. The van der Waals surface area contributed by atoms with Crippen LogP contribution >= 0.6 is 0 Å². The van der Waals surface area contributed by atoms with Gasteiger partial charge in [0.05, 0.1) is 25.3 Å². The normalized spacial score (nSPS) is 17.1. The summed E-state index contributed by atoms with van der Waals surface area (Å²) in [7, 11) is 1.37. The third-order valence-electron chi connectivity index (χ3n) is 6.38. The first kappa shape index (κ1) is 25.2. The summed E-state index contributed by atoms with van der Waals surface area (Å²) in [4.78, 5) is 41.2. The predicted molar refractivity (Wildman–Crippen MR) is 133 cm³/mol. The summed E-state index contributed by atoms with van der Waals surface area (Å²) in [5, 5.41) is 5.67. The zero-order valence-corrected chi connectivity index (χ0v) is 20.6. The zero-order valence-electron chi connectivity index (χ0n) is 20.6. The van der Waals surface area contributed by atoms with Crippen molar-refractivity contribution in [3.63, 3.8) is 0 Å². The van der Waals surface area contributed by atoms with Crippen LogP contribution in [0.15, 0.2) is 42.5 Å². The van der Waals surface area contributed by atoms with Crippen LogP contribution in [0.1, 0.15) is 35.3 Å². The predicted octanol–water partition coefficient (Wildman–Crippen LogP) is 2.74.